The number of nitrogens with zero attached hydrogens (tertiary/aromatic N) is 7. The lowest BCUT2D eigenvalue weighted by Crippen LogP contribution is -2.57. The molecule has 0 unspecified atom stereocenters. The summed E-state index contributed by atoms with van der Waals surface area (Å²) in [6, 6.07) is 2.04. The van der Waals surface area contributed by atoms with Gasteiger partial charge in [-0.15, -0.1) is 0 Å². The second kappa shape index (κ2) is 10.4. The van der Waals surface area contributed by atoms with Gasteiger partial charge in [0, 0.05) is 48.6 Å². The molecule has 0 aromatic carbocycles. The lowest BCUT2D eigenvalue weighted by atomic mass is 9.90. The summed E-state index contributed by atoms with van der Waals surface area (Å²) in [6.45, 7) is 11.2. The van der Waals surface area contributed by atoms with Gasteiger partial charge in [-0.05, 0) is 49.6 Å². The molecule has 3 aromatic rings. The molecule has 0 aliphatic carbocycles. The van der Waals surface area contributed by atoms with Gasteiger partial charge in [0.15, 0.2) is 0 Å². The van der Waals surface area contributed by atoms with Crippen molar-refractivity contribution in [2.24, 2.45) is 5.92 Å². The van der Waals surface area contributed by atoms with E-state index >= 15 is 0 Å². The smallest absolute Gasteiger partial charge is 0.233 e. The average molecular weight is 557 g/mol. The fourth-order valence-corrected chi connectivity index (χ4v) is 6.75. The molecule has 2 aliphatic rings. The summed E-state index contributed by atoms with van der Waals surface area (Å²) in [6.07, 6.45) is 6.41. The van der Waals surface area contributed by atoms with Crippen LogP contribution in [0, 0.1) is 5.92 Å². The molecule has 0 amide bonds. The van der Waals surface area contributed by atoms with Gasteiger partial charge in [-0.25, -0.2) is 32.7 Å². The van der Waals surface area contributed by atoms with E-state index in [1.165, 1.54) is 6.33 Å². The highest BCUT2D eigenvalue weighted by molar-refractivity contribution is 7.91. The first-order valence-corrected chi connectivity index (χ1v) is 15.4. The van der Waals surface area contributed by atoms with Crippen LogP contribution in [-0.4, -0.2) is 76.2 Å². The topological polar surface area (TPSA) is 117 Å². The van der Waals surface area contributed by atoms with Crippen LogP contribution in [-0.2, 0) is 9.84 Å². The van der Waals surface area contributed by atoms with Crippen molar-refractivity contribution in [1.82, 2.24) is 24.9 Å². The maximum absolute atomic E-state index is 14.6. The number of fused-ring (bicyclic) bond motifs is 1. The van der Waals surface area contributed by atoms with Crippen LogP contribution in [0.15, 0.2) is 24.8 Å². The number of hydrogen-bond donors (Lipinski definition) is 1. The first kappa shape index (κ1) is 27.4. The van der Waals surface area contributed by atoms with Gasteiger partial charge in [0.05, 0.1) is 12.3 Å². The molecule has 2 fully saturated rings. The standard InChI is InChI=1S/C27H37FN8O2S/c1-6-39(37,38)14-19-13-36(18(19)4)24-22-12-29-23(10-20(22)21(11-30-24)17(2)3)33-25-31-16-32-26(34-25)35-9-7-8-27(5,28)15-35/h10-12,16-19H,6-9,13-15H2,1-5H3,(H,29,31,32,33,34)/t18-,19-,27+/m1/s1. The molecule has 39 heavy (non-hydrogen) atoms. The molecule has 2 saturated heterocycles. The summed E-state index contributed by atoms with van der Waals surface area (Å²) >= 11 is 0. The molecule has 10 nitrogen and oxygen atoms in total. The Morgan fingerprint density at radius 2 is 1.97 bits per heavy atom. The van der Waals surface area contributed by atoms with E-state index in [2.05, 4.69) is 50.9 Å². The molecule has 12 heteroatoms. The van der Waals surface area contributed by atoms with Crippen molar-refractivity contribution in [3.05, 3.63) is 30.4 Å². The lowest BCUT2D eigenvalue weighted by Gasteiger charge is -2.47. The van der Waals surface area contributed by atoms with E-state index in [0.29, 0.717) is 37.2 Å². The maximum atomic E-state index is 14.6. The lowest BCUT2D eigenvalue weighted by molar-refractivity contribution is 0.159. The Hall–Kier alpha value is -3.15. The first-order valence-electron chi connectivity index (χ1n) is 13.6. The van der Waals surface area contributed by atoms with Gasteiger partial charge >= 0.3 is 0 Å². The molecule has 0 saturated carbocycles. The zero-order valence-electron chi connectivity index (χ0n) is 23.2. The van der Waals surface area contributed by atoms with E-state index < -0.39 is 15.5 Å². The van der Waals surface area contributed by atoms with E-state index in [1.807, 2.05) is 17.2 Å². The quantitative estimate of drug-likeness (QED) is 0.431. The van der Waals surface area contributed by atoms with Crippen LogP contribution < -0.4 is 15.1 Å². The normalized spacial score (nSPS) is 23.8. The number of pyridine rings is 2. The highest BCUT2D eigenvalue weighted by Crippen LogP contribution is 2.38. The predicted octanol–water partition coefficient (Wildman–Crippen LogP) is 4.27. The molecular weight excluding hydrogens is 519 g/mol. The second-order valence-corrected chi connectivity index (χ2v) is 13.7. The molecule has 5 heterocycles. The highest BCUT2D eigenvalue weighted by Gasteiger charge is 2.39. The molecule has 0 bridgehead atoms. The molecule has 3 aromatic heterocycles. The molecule has 3 atom stereocenters. The van der Waals surface area contributed by atoms with Gasteiger partial charge in [-0.2, -0.15) is 4.98 Å². The van der Waals surface area contributed by atoms with E-state index in [9.17, 15) is 12.8 Å². The van der Waals surface area contributed by atoms with E-state index in [4.69, 9.17) is 4.98 Å². The molecular formula is C27H37FN8O2S. The van der Waals surface area contributed by atoms with Gasteiger partial charge in [0.2, 0.25) is 11.9 Å². The number of anilines is 4. The third-order valence-electron chi connectivity index (χ3n) is 7.92. The van der Waals surface area contributed by atoms with Crippen LogP contribution in [0.2, 0.25) is 0 Å². The van der Waals surface area contributed by atoms with Crippen LogP contribution in [0.4, 0.5) is 27.9 Å². The molecule has 5 rings (SSSR count). The number of nitrogens with one attached hydrogen (secondary N) is 1. The zero-order chi connectivity index (χ0) is 27.9. The molecule has 0 spiro atoms. The van der Waals surface area contributed by atoms with Gasteiger partial charge in [-0.3, -0.25) is 0 Å². The van der Waals surface area contributed by atoms with Crippen molar-refractivity contribution >= 4 is 44.1 Å². The number of rotatable bonds is 8. The summed E-state index contributed by atoms with van der Waals surface area (Å²) in [5.74, 6) is 2.86. The van der Waals surface area contributed by atoms with Crippen molar-refractivity contribution in [2.75, 3.05) is 46.3 Å². The van der Waals surface area contributed by atoms with Gasteiger partial charge in [-0.1, -0.05) is 20.8 Å². The fraction of sp³-hybridized carbons (Fsp3) is 0.593. The monoisotopic (exact) mass is 556 g/mol. The van der Waals surface area contributed by atoms with Crippen molar-refractivity contribution in [3.63, 3.8) is 0 Å². The molecule has 1 N–H and O–H groups in total. The van der Waals surface area contributed by atoms with Gasteiger partial charge < -0.3 is 15.1 Å². The Morgan fingerprint density at radius 3 is 2.67 bits per heavy atom. The van der Waals surface area contributed by atoms with Crippen LogP contribution >= 0.6 is 0 Å². The summed E-state index contributed by atoms with van der Waals surface area (Å²) in [5.41, 5.74) is -0.181. The van der Waals surface area contributed by atoms with E-state index in [0.717, 1.165) is 28.6 Å². The predicted molar refractivity (Wildman–Crippen MR) is 152 cm³/mol. The van der Waals surface area contributed by atoms with Crippen LogP contribution in [0.1, 0.15) is 58.9 Å². The minimum absolute atomic E-state index is 0.0642. The average Bonchev–Trinajstić information content (AvgIpc) is 2.89. The number of hydrogen-bond acceptors (Lipinski definition) is 10. The van der Waals surface area contributed by atoms with E-state index in [-0.39, 0.29) is 35.9 Å². The Kier molecular flexibility index (Phi) is 7.34. The van der Waals surface area contributed by atoms with Crippen molar-refractivity contribution < 1.29 is 12.8 Å². The van der Waals surface area contributed by atoms with Crippen molar-refractivity contribution in [1.29, 1.82) is 0 Å². The molecule has 210 valence electrons. The number of halogens is 1. The molecule has 2 aliphatic heterocycles. The summed E-state index contributed by atoms with van der Waals surface area (Å²) in [7, 11) is -3.04. The van der Waals surface area contributed by atoms with Crippen molar-refractivity contribution in [3.8, 4) is 0 Å². The summed E-state index contributed by atoms with van der Waals surface area (Å²) < 4.78 is 38.9. The Morgan fingerprint density at radius 1 is 1.18 bits per heavy atom. The molecule has 0 radical (unpaired) electrons. The van der Waals surface area contributed by atoms with E-state index in [1.54, 1.807) is 20.0 Å². The van der Waals surface area contributed by atoms with Crippen LogP contribution in [0.5, 0.6) is 0 Å². The minimum atomic E-state index is -3.04. The number of piperidine rings is 1. The fourth-order valence-electron chi connectivity index (χ4n) is 5.48. The maximum Gasteiger partial charge on any atom is 0.233 e. The Balaban J connectivity index is 1.41. The van der Waals surface area contributed by atoms with Gasteiger partial charge in [0.1, 0.15) is 33.5 Å². The first-order chi connectivity index (χ1) is 18.5. The van der Waals surface area contributed by atoms with Gasteiger partial charge in [0.25, 0.3) is 0 Å². The minimum Gasteiger partial charge on any atom is -0.353 e. The Bertz CT molecular complexity index is 1470. The zero-order valence-corrected chi connectivity index (χ0v) is 24.0. The Labute approximate surface area is 229 Å². The number of sulfone groups is 1. The highest BCUT2D eigenvalue weighted by atomic mass is 32.2. The SMILES string of the molecule is CCS(=O)(=O)C[C@H]1CN(c2ncc(C(C)C)c3cc(Nc4ncnc(N5CCC[C@](C)(F)C5)n4)ncc23)[C@@H]1C. The van der Waals surface area contributed by atoms with Crippen LogP contribution in [0.3, 0.4) is 0 Å². The van der Waals surface area contributed by atoms with Crippen molar-refractivity contribution in [2.45, 2.75) is 65.1 Å². The third-order valence-corrected chi connectivity index (χ3v) is 9.73. The second-order valence-electron chi connectivity index (χ2n) is 11.3. The number of alkyl halides is 1. The summed E-state index contributed by atoms with van der Waals surface area (Å²) in [5, 5.41) is 5.13. The largest absolute Gasteiger partial charge is 0.353 e. The third kappa shape index (κ3) is 5.75. The number of aromatic nitrogens is 5. The summed E-state index contributed by atoms with van der Waals surface area (Å²) in [4.78, 5) is 26.5. The van der Waals surface area contributed by atoms with Crippen LogP contribution in [0.25, 0.3) is 10.8 Å².